The van der Waals surface area contributed by atoms with Crippen LogP contribution in [0.5, 0.6) is 11.5 Å². The average Bonchev–Trinajstić information content (AvgIpc) is 2.75. The monoisotopic (exact) mass is 385 g/mol. The first-order chi connectivity index (χ1) is 12.1. The molecule has 3 N–H and O–H groups in total. The Balaban J connectivity index is 2.20. The van der Waals surface area contributed by atoms with Crippen molar-refractivity contribution in [3.8, 4) is 17.6 Å². The summed E-state index contributed by atoms with van der Waals surface area (Å²) >= 11 is 0. The van der Waals surface area contributed by atoms with E-state index in [4.69, 9.17) is 15.1 Å². The van der Waals surface area contributed by atoms with Crippen LogP contribution in [0.25, 0.3) is 0 Å². The summed E-state index contributed by atoms with van der Waals surface area (Å²) in [5, 5.41) is 23.6. The van der Waals surface area contributed by atoms with Crippen LogP contribution >= 0.6 is 0 Å². The normalized spacial score (nSPS) is 21.1. The van der Waals surface area contributed by atoms with E-state index in [0.29, 0.717) is 0 Å². The number of aromatic nitrogens is 1. The minimum Gasteiger partial charge on any atom is -0.455 e. The topological polar surface area (TPSA) is 126 Å². The van der Waals surface area contributed by atoms with Crippen LogP contribution in [0, 0.1) is 11.3 Å². The van der Waals surface area contributed by atoms with Crippen LogP contribution in [0.1, 0.15) is 29.0 Å². The molecular formula is C15H10F3N3O4S. The number of alkyl halides is 3. The Kier molecular flexibility index (Phi) is 4.14. The van der Waals surface area contributed by atoms with E-state index in [-0.39, 0.29) is 11.3 Å². The van der Waals surface area contributed by atoms with E-state index < -0.39 is 50.0 Å². The molecule has 0 aliphatic heterocycles. The molecule has 2 aromatic rings. The molecule has 0 saturated carbocycles. The minimum atomic E-state index is -4.51. The summed E-state index contributed by atoms with van der Waals surface area (Å²) < 4.78 is 70.8. The number of nitrogens with two attached hydrogens (primary N) is 1. The van der Waals surface area contributed by atoms with Gasteiger partial charge in [0.2, 0.25) is 10.0 Å². The van der Waals surface area contributed by atoms with Crippen LogP contribution in [-0.2, 0) is 10.0 Å². The number of benzene rings is 1. The fourth-order valence-electron chi connectivity index (χ4n) is 2.66. The van der Waals surface area contributed by atoms with Crippen molar-refractivity contribution in [2.24, 2.45) is 5.14 Å². The zero-order chi connectivity index (χ0) is 19.3. The molecule has 1 aromatic carbocycles. The zero-order valence-electron chi connectivity index (χ0n) is 12.7. The number of sulfonamides is 1. The molecular weight excluding hydrogens is 375 g/mol. The summed E-state index contributed by atoms with van der Waals surface area (Å²) in [5.74, 6) is -4.78. The molecule has 0 radical (unpaired) electrons. The maximum atomic E-state index is 14.3. The second kappa shape index (κ2) is 5.94. The molecule has 1 heterocycles. The number of aliphatic hydroxyl groups excluding tert-OH is 1. The Morgan fingerprint density at radius 3 is 2.62 bits per heavy atom. The molecule has 1 aromatic heterocycles. The number of nitriles is 1. The molecule has 0 amide bonds. The lowest BCUT2D eigenvalue weighted by atomic mass is 10.1. The summed E-state index contributed by atoms with van der Waals surface area (Å²) in [4.78, 5) is 2.89. The van der Waals surface area contributed by atoms with Crippen LogP contribution in [-0.4, -0.2) is 24.4 Å². The summed E-state index contributed by atoms with van der Waals surface area (Å²) in [6.45, 7) is 0. The maximum Gasteiger partial charge on any atom is 0.312 e. The Morgan fingerprint density at radius 2 is 2.00 bits per heavy atom. The fraction of sp³-hybridized carbons (Fsp3) is 0.200. The lowest BCUT2D eigenvalue weighted by molar-refractivity contribution is -0.143. The number of halogens is 3. The summed E-state index contributed by atoms with van der Waals surface area (Å²) in [7, 11) is -4.51. The van der Waals surface area contributed by atoms with Crippen LogP contribution < -0.4 is 9.88 Å². The third-order valence-corrected chi connectivity index (χ3v) is 4.78. The van der Waals surface area contributed by atoms with E-state index in [1.807, 2.05) is 0 Å². The predicted octanol–water partition coefficient (Wildman–Crippen LogP) is 2.09. The molecule has 0 saturated heterocycles. The zero-order valence-corrected chi connectivity index (χ0v) is 13.5. The number of hydrogen-bond donors (Lipinski definition) is 2. The highest BCUT2D eigenvalue weighted by Gasteiger charge is 2.59. The van der Waals surface area contributed by atoms with Crippen LogP contribution in [0.4, 0.5) is 13.2 Å². The molecule has 2 atom stereocenters. The Hall–Kier alpha value is -2.68. The fourth-order valence-corrected chi connectivity index (χ4v) is 3.45. The summed E-state index contributed by atoms with van der Waals surface area (Å²) in [5.41, 5.74) is -1.58. The van der Waals surface area contributed by atoms with Crippen LogP contribution in [0.15, 0.2) is 35.5 Å². The highest BCUT2D eigenvalue weighted by atomic mass is 32.2. The maximum absolute atomic E-state index is 14.3. The van der Waals surface area contributed by atoms with Gasteiger partial charge in [0.15, 0.2) is 6.17 Å². The highest BCUT2D eigenvalue weighted by Crippen LogP contribution is 2.57. The first-order valence-electron chi connectivity index (χ1n) is 7.00. The molecule has 11 heteroatoms. The second-order valence-corrected chi connectivity index (χ2v) is 7.03. The van der Waals surface area contributed by atoms with Crippen molar-refractivity contribution in [1.82, 2.24) is 4.98 Å². The van der Waals surface area contributed by atoms with Gasteiger partial charge in [0, 0.05) is 23.4 Å². The minimum absolute atomic E-state index is 0.0634. The smallest absolute Gasteiger partial charge is 0.312 e. The summed E-state index contributed by atoms with van der Waals surface area (Å²) in [6.07, 6.45) is -3.36. The highest BCUT2D eigenvalue weighted by molar-refractivity contribution is 7.89. The van der Waals surface area contributed by atoms with Crippen molar-refractivity contribution in [1.29, 1.82) is 5.26 Å². The van der Waals surface area contributed by atoms with Crippen molar-refractivity contribution in [3.05, 3.63) is 47.3 Å². The van der Waals surface area contributed by atoms with E-state index >= 15 is 0 Å². The predicted molar refractivity (Wildman–Crippen MR) is 80.6 cm³/mol. The van der Waals surface area contributed by atoms with Gasteiger partial charge >= 0.3 is 5.92 Å². The number of pyridine rings is 1. The Bertz CT molecular complexity index is 1040. The van der Waals surface area contributed by atoms with Gasteiger partial charge in [-0.3, -0.25) is 4.98 Å². The quantitative estimate of drug-likeness (QED) is 0.833. The number of rotatable bonds is 3. The van der Waals surface area contributed by atoms with Crippen molar-refractivity contribution in [3.63, 3.8) is 0 Å². The molecule has 3 rings (SSSR count). The number of fused-ring (bicyclic) bond motifs is 1. The Morgan fingerprint density at radius 1 is 1.31 bits per heavy atom. The van der Waals surface area contributed by atoms with Crippen LogP contribution in [0.3, 0.4) is 0 Å². The first-order valence-corrected chi connectivity index (χ1v) is 8.54. The molecule has 0 bridgehead atoms. The number of hydrogen-bond acceptors (Lipinski definition) is 6. The molecule has 1 aliphatic carbocycles. The van der Waals surface area contributed by atoms with Gasteiger partial charge in [-0.25, -0.2) is 17.9 Å². The van der Waals surface area contributed by atoms with E-state index in [2.05, 4.69) is 4.98 Å². The largest absolute Gasteiger partial charge is 0.455 e. The van der Waals surface area contributed by atoms with E-state index in [1.165, 1.54) is 12.3 Å². The number of primary sulfonamides is 1. The van der Waals surface area contributed by atoms with Gasteiger partial charge in [0.05, 0.1) is 16.7 Å². The van der Waals surface area contributed by atoms with E-state index in [9.17, 15) is 26.7 Å². The van der Waals surface area contributed by atoms with Gasteiger partial charge in [0.1, 0.15) is 23.7 Å². The molecule has 136 valence electrons. The average molecular weight is 385 g/mol. The van der Waals surface area contributed by atoms with Crippen molar-refractivity contribution in [2.45, 2.75) is 23.1 Å². The van der Waals surface area contributed by atoms with Crippen molar-refractivity contribution < 1.29 is 31.4 Å². The SMILES string of the molecule is N#Cc1cncc(Oc2ccc(S(N)(=O)=O)c3c2[C@@H](F)C(F)(F)[C@H]3O)c1. The van der Waals surface area contributed by atoms with E-state index in [0.717, 1.165) is 18.3 Å². The standard InChI is InChI=1S/C15H10F3N3O4S/c16-13-11-9(25-8-3-7(4-19)5-21-6-8)1-2-10(26(20,23)24)12(11)14(22)15(13,17)18/h1-3,5-6,13-14,22H,(H2,20,23,24)/t13-,14+/m1/s1. The number of aliphatic hydroxyl groups is 1. The molecule has 0 unspecified atom stereocenters. The van der Waals surface area contributed by atoms with Crippen molar-refractivity contribution in [2.75, 3.05) is 0 Å². The molecule has 0 fully saturated rings. The van der Waals surface area contributed by atoms with E-state index in [1.54, 1.807) is 6.07 Å². The molecule has 7 nitrogen and oxygen atoms in total. The first kappa shape index (κ1) is 18.1. The second-order valence-electron chi connectivity index (χ2n) is 5.50. The Labute approximate surface area is 145 Å². The molecule has 0 spiro atoms. The van der Waals surface area contributed by atoms with Gasteiger partial charge in [-0.15, -0.1) is 0 Å². The van der Waals surface area contributed by atoms with Gasteiger partial charge in [0.25, 0.3) is 0 Å². The van der Waals surface area contributed by atoms with Gasteiger partial charge in [-0.1, -0.05) is 0 Å². The summed E-state index contributed by atoms with van der Waals surface area (Å²) in [6, 6.07) is 4.80. The number of nitrogens with zero attached hydrogens (tertiary/aromatic N) is 2. The molecule has 1 aliphatic rings. The third-order valence-electron chi connectivity index (χ3n) is 3.81. The van der Waals surface area contributed by atoms with Gasteiger partial charge < -0.3 is 9.84 Å². The lowest BCUT2D eigenvalue weighted by Gasteiger charge is -2.16. The van der Waals surface area contributed by atoms with Gasteiger partial charge in [-0.05, 0) is 12.1 Å². The molecule has 26 heavy (non-hydrogen) atoms. The van der Waals surface area contributed by atoms with Crippen LogP contribution in [0.2, 0.25) is 0 Å². The third kappa shape index (κ3) is 2.78. The lowest BCUT2D eigenvalue weighted by Crippen LogP contribution is -2.25. The van der Waals surface area contributed by atoms with Crippen molar-refractivity contribution >= 4 is 10.0 Å². The van der Waals surface area contributed by atoms with Gasteiger partial charge in [-0.2, -0.15) is 14.0 Å². The number of ether oxygens (including phenoxy) is 1.